The highest BCUT2D eigenvalue weighted by molar-refractivity contribution is 5.39. The van der Waals surface area contributed by atoms with E-state index in [0.717, 1.165) is 25.2 Å². The zero-order valence-electron chi connectivity index (χ0n) is 9.47. The minimum absolute atomic E-state index is 0.864. The van der Waals surface area contributed by atoms with Crippen LogP contribution in [0.5, 0.6) is 5.75 Å². The summed E-state index contributed by atoms with van der Waals surface area (Å²) in [5.41, 5.74) is 2.79. The molecule has 1 nitrogen and oxygen atoms in total. The van der Waals surface area contributed by atoms with E-state index in [1.165, 1.54) is 17.5 Å². The molecule has 1 heteroatoms. The number of ether oxygens (including phenoxy) is 1. The quantitative estimate of drug-likeness (QED) is 0.660. The van der Waals surface area contributed by atoms with Crippen LogP contribution in [-0.2, 0) is 12.8 Å². The summed E-state index contributed by atoms with van der Waals surface area (Å²) in [6.45, 7) is 7.29. The minimum Gasteiger partial charge on any atom is -0.493 e. The average molecular weight is 192 g/mol. The Hall–Kier alpha value is -0.980. The standard InChI is InChI=1S/C10H12O.C3H8/c1-2-8-3-4-10-9(7-8)5-6-11-10;1-3-2/h3-4,7H,2,5-6H2,1H3;3H2,1-2H3. The number of benzene rings is 1. The Labute approximate surface area is 87.1 Å². The highest BCUT2D eigenvalue weighted by atomic mass is 16.5. The maximum absolute atomic E-state index is 5.40. The van der Waals surface area contributed by atoms with Crippen LogP contribution < -0.4 is 4.74 Å². The molecule has 0 unspecified atom stereocenters. The van der Waals surface area contributed by atoms with Crippen molar-refractivity contribution in [3.05, 3.63) is 29.3 Å². The van der Waals surface area contributed by atoms with Gasteiger partial charge in [-0.1, -0.05) is 39.3 Å². The maximum Gasteiger partial charge on any atom is 0.122 e. The van der Waals surface area contributed by atoms with E-state index < -0.39 is 0 Å². The minimum atomic E-state index is 0.864. The van der Waals surface area contributed by atoms with Gasteiger partial charge in [0.05, 0.1) is 6.61 Å². The first-order valence-electron chi connectivity index (χ1n) is 5.56. The third-order valence-electron chi connectivity index (χ3n) is 2.16. The van der Waals surface area contributed by atoms with Gasteiger partial charge in [0.25, 0.3) is 0 Å². The van der Waals surface area contributed by atoms with Crippen molar-refractivity contribution in [2.24, 2.45) is 0 Å². The van der Waals surface area contributed by atoms with Crippen molar-refractivity contribution in [3.8, 4) is 5.75 Å². The lowest BCUT2D eigenvalue weighted by atomic mass is 10.1. The summed E-state index contributed by atoms with van der Waals surface area (Å²) in [6, 6.07) is 6.48. The lowest BCUT2D eigenvalue weighted by Gasteiger charge is -2.00. The Kier molecular flexibility index (Phi) is 4.51. The van der Waals surface area contributed by atoms with Gasteiger partial charge < -0.3 is 4.74 Å². The third-order valence-corrected chi connectivity index (χ3v) is 2.16. The molecule has 1 aliphatic rings. The Bertz CT molecular complexity index is 279. The second-order valence-electron chi connectivity index (χ2n) is 3.60. The summed E-state index contributed by atoms with van der Waals surface area (Å²) < 4.78 is 5.40. The Morgan fingerprint density at radius 2 is 1.93 bits per heavy atom. The van der Waals surface area contributed by atoms with Crippen LogP contribution in [0.4, 0.5) is 0 Å². The Morgan fingerprint density at radius 3 is 2.57 bits per heavy atom. The first-order chi connectivity index (χ1) is 6.81. The molecule has 1 aromatic rings. The number of hydrogen-bond donors (Lipinski definition) is 0. The van der Waals surface area contributed by atoms with E-state index in [9.17, 15) is 0 Å². The zero-order chi connectivity index (χ0) is 10.4. The molecule has 14 heavy (non-hydrogen) atoms. The molecule has 0 N–H and O–H groups in total. The molecular formula is C13H20O. The van der Waals surface area contributed by atoms with Crippen LogP contribution >= 0.6 is 0 Å². The molecule has 1 aliphatic heterocycles. The molecule has 0 bridgehead atoms. The van der Waals surface area contributed by atoms with Crippen LogP contribution in [0.2, 0.25) is 0 Å². The van der Waals surface area contributed by atoms with Gasteiger partial charge >= 0.3 is 0 Å². The average Bonchev–Trinajstić information content (AvgIpc) is 2.65. The van der Waals surface area contributed by atoms with Gasteiger partial charge in [0.1, 0.15) is 5.75 Å². The van der Waals surface area contributed by atoms with E-state index in [1.807, 2.05) is 0 Å². The van der Waals surface area contributed by atoms with Gasteiger partial charge in [-0.3, -0.25) is 0 Å². The van der Waals surface area contributed by atoms with Crippen LogP contribution in [0.25, 0.3) is 0 Å². The SMILES string of the molecule is CCC.CCc1ccc2c(c1)CCO2. The van der Waals surface area contributed by atoms with Crippen LogP contribution in [-0.4, -0.2) is 6.61 Å². The summed E-state index contributed by atoms with van der Waals surface area (Å²) in [4.78, 5) is 0. The summed E-state index contributed by atoms with van der Waals surface area (Å²) in [5, 5.41) is 0. The maximum atomic E-state index is 5.40. The van der Waals surface area contributed by atoms with E-state index in [1.54, 1.807) is 0 Å². The predicted molar refractivity (Wildman–Crippen MR) is 61.0 cm³/mol. The van der Waals surface area contributed by atoms with E-state index >= 15 is 0 Å². The summed E-state index contributed by atoms with van der Waals surface area (Å²) in [5.74, 6) is 1.09. The molecule has 0 saturated carbocycles. The largest absolute Gasteiger partial charge is 0.493 e. The van der Waals surface area contributed by atoms with Crippen molar-refractivity contribution in [1.82, 2.24) is 0 Å². The van der Waals surface area contributed by atoms with E-state index in [4.69, 9.17) is 4.74 Å². The molecule has 1 aromatic carbocycles. The topological polar surface area (TPSA) is 9.23 Å². The molecule has 0 saturated heterocycles. The molecule has 0 aliphatic carbocycles. The van der Waals surface area contributed by atoms with Gasteiger partial charge in [0.2, 0.25) is 0 Å². The molecule has 0 fully saturated rings. The first-order valence-corrected chi connectivity index (χ1v) is 5.56. The zero-order valence-corrected chi connectivity index (χ0v) is 9.47. The molecule has 0 spiro atoms. The molecule has 0 amide bonds. The van der Waals surface area contributed by atoms with Gasteiger partial charge in [-0.2, -0.15) is 0 Å². The van der Waals surface area contributed by atoms with Crippen LogP contribution in [0.1, 0.15) is 38.3 Å². The van der Waals surface area contributed by atoms with Gasteiger partial charge in [0, 0.05) is 6.42 Å². The van der Waals surface area contributed by atoms with Crippen molar-refractivity contribution < 1.29 is 4.74 Å². The molecule has 2 rings (SSSR count). The Morgan fingerprint density at radius 1 is 1.21 bits per heavy atom. The van der Waals surface area contributed by atoms with E-state index in [0.29, 0.717) is 0 Å². The number of rotatable bonds is 1. The summed E-state index contributed by atoms with van der Waals surface area (Å²) in [7, 11) is 0. The highest BCUT2D eigenvalue weighted by Gasteiger charge is 2.10. The van der Waals surface area contributed by atoms with E-state index in [2.05, 4.69) is 39.0 Å². The smallest absolute Gasteiger partial charge is 0.122 e. The number of fused-ring (bicyclic) bond motifs is 1. The third kappa shape index (κ3) is 2.76. The van der Waals surface area contributed by atoms with Crippen molar-refractivity contribution >= 4 is 0 Å². The molecule has 0 aromatic heterocycles. The van der Waals surface area contributed by atoms with Crippen molar-refractivity contribution in [1.29, 1.82) is 0 Å². The number of hydrogen-bond acceptors (Lipinski definition) is 1. The van der Waals surface area contributed by atoms with Crippen LogP contribution in [0.15, 0.2) is 18.2 Å². The van der Waals surface area contributed by atoms with Crippen molar-refractivity contribution in [2.45, 2.75) is 40.0 Å². The van der Waals surface area contributed by atoms with E-state index in [-0.39, 0.29) is 0 Å². The second-order valence-corrected chi connectivity index (χ2v) is 3.60. The molecule has 0 radical (unpaired) electrons. The fourth-order valence-electron chi connectivity index (χ4n) is 1.46. The molecule has 78 valence electrons. The van der Waals surface area contributed by atoms with Crippen LogP contribution in [0.3, 0.4) is 0 Å². The second kappa shape index (κ2) is 5.69. The summed E-state index contributed by atoms with van der Waals surface area (Å²) in [6.07, 6.45) is 3.45. The molecule has 1 heterocycles. The Balaban J connectivity index is 0.000000293. The van der Waals surface area contributed by atoms with Crippen molar-refractivity contribution in [2.75, 3.05) is 6.61 Å². The normalized spacial score (nSPS) is 12.5. The fraction of sp³-hybridized carbons (Fsp3) is 0.538. The van der Waals surface area contributed by atoms with Crippen molar-refractivity contribution in [3.63, 3.8) is 0 Å². The molecule has 0 atom stereocenters. The lowest BCUT2D eigenvalue weighted by molar-refractivity contribution is 0.357. The first kappa shape index (κ1) is 11.1. The van der Waals surface area contributed by atoms with Gasteiger partial charge in [0.15, 0.2) is 0 Å². The van der Waals surface area contributed by atoms with Gasteiger partial charge in [-0.15, -0.1) is 0 Å². The fourth-order valence-corrected chi connectivity index (χ4v) is 1.46. The summed E-state index contributed by atoms with van der Waals surface area (Å²) >= 11 is 0. The van der Waals surface area contributed by atoms with Gasteiger partial charge in [-0.05, 0) is 23.6 Å². The predicted octanol–water partition coefficient (Wildman–Crippen LogP) is 3.60. The monoisotopic (exact) mass is 192 g/mol. The lowest BCUT2D eigenvalue weighted by Crippen LogP contribution is -1.85. The van der Waals surface area contributed by atoms with Crippen LogP contribution in [0, 0.1) is 0 Å². The highest BCUT2D eigenvalue weighted by Crippen LogP contribution is 2.25. The number of aryl methyl sites for hydroxylation is 1. The molecular weight excluding hydrogens is 172 g/mol. The van der Waals surface area contributed by atoms with Gasteiger partial charge in [-0.25, -0.2) is 0 Å².